The van der Waals surface area contributed by atoms with Crippen LogP contribution in [0.4, 0.5) is 0 Å². The van der Waals surface area contributed by atoms with Crippen molar-refractivity contribution in [1.29, 1.82) is 0 Å². The van der Waals surface area contributed by atoms with E-state index in [-0.39, 0.29) is 12.1 Å². The molecule has 1 aliphatic heterocycles. The van der Waals surface area contributed by atoms with E-state index in [4.69, 9.17) is 10.6 Å². The summed E-state index contributed by atoms with van der Waals surface area (Å²) in [6, 6.07) is 0.193. The van der Waals surface area contributed by atoms with E-state index in [9.17, 15) is 0 Å². The molecule has 0 spiro atoms. The van der Waals surface area contributed by atoms with Gasteiger partial charge in [0.2, 0.25) is 0 Å². The highest BCUT2D eigenvalue weighted by Gasteiger charge is 2.25. The maximum absolute atomic E-state index is 5.62. The van der Waals surface area contributed by atoms with Gasteiger partial charge < -0.3 is 4.74 Å². The standard InChI is InChI=1S/C10H17N3OS/c1-7-6-15-10(12-7)5-8(13-11)9-3-2-4-14-9/h6,8-9,13H,2-5,11H2,1H3. The number of thiazole rings is 1. The van der Waals surface area contributed by atoms with Crippen LogP contribution >= 0.6 is 11.3 Å². The van der Waals surface area contributed by atoms with Crippen molar-refractivity contribution >= 4 is 11.3 Å². The van der Waals surface area contributed by atoms with Crippen LogP contribution in [0.1, 0.15) is 23.5 Å². The molecule has 2 rings (SSSR count). The third-order valence-corrected chi connectivity index (χ3v) is 3.68. The first kappa shape index (κ1) is 11.0. The molecule has 0 amide bonds. The lowest BCUT2D eigenvalue weighted by atomic mass is 10.1. The van der Waals surface area contributed by atoms with Gasteiger partial charge in [0.15, 0.2) is 0 Å². The monoisotopic (exact) mass is 227 g/mol. The zero-order chi connectivity index (χ0) is 10.7. The van der Waals surface area contributed by atoms with Gasteiger partial charge in [-0.25, -0.2) is 4.98 Å². The van der Waals surface area contributed by atoms with Crippen molar-refractivity contribution in [1.82, 2.24) is 10.4 Å². The fourth-order valence-electron chi connectivity index (χ4n) is 1.90. The molecule has 4 nitrogen and oxygen atoms in total. The summed E-state index contributed by atoms with van der Waals surface area (Å²) in [7, 11) is 0. The van der Waals surface area contributed by atoms with E-state index in [2.05, 4.69) is 15.8 Å². The van der Waals surface area contributed by atoms with Crippen LogP contribution in [0.5, 0.6) is 0 Å². The summed E-state index contributed by atoms with van der Waals surface area (Å²) >= 11 is 1.69. The van der Waals surface area contributed by atoms with Crippen LogP contribution in [0.2, 0.25) is 0 Å². The highest BCUT2D eigenvalue weighted by Crippen LogP contribution is 2.19. The molecular weight excluding hydrogens is 210 g/mol. The van der Waals surface area contributed by atoms with Gasteiger partial charge in [0.25, 0.3) is 0 Å². The molecule has 15 heavy (non-hydrogen) atoms. The van der Waals surface area contributed by atoms with E-state index in [1.54, 1.807) is 11.3 Å². The van der Waals surface area contributed by atoms with Crippen molar-refractivity contribution in [2.75, 3.05) is 6.61 Å². The Morgan fingerprint density at radius 3 is 3.20 bits per heavy atom. The van der Waals surface area contributed by atoms with Crippen LogP contribution in [-0.4, -0.2) is 23.7 Å². The molecule has 2 heterocycles. The van der Waals surface area contributed by atoms with Crippen molar-refractivity contribution in [2.24, 2.45) is 5.84 Å². The second-order valence-electron chi connectivity index (χ2n) is 3.91. The maximum Gasteiger partial charge on any atom is 0.0945 e. The summed E-state index contributed by atoms with van der Waals surface area (Å²) in [5.74, 6) is 5.55. The molecule has 5 heteroatoms. The molecule has 1 aliphatic rings. The number of nitrogens with two attached hydrogens (primary N) is 1. The van der Waals surface area contributed by atoms with Gasteiger partial charge in [-0.3, -0.25) is 11.3 Å². The van der Waals surface area contributed by atoms with E-state index in [1.165, 1.54) is 0 Å². The van der Waals surface area contributed by atoms with Gasteiger partial charge in [-0.05, 0) is 19.8 Å². The topological polar surface area (TPSA) is 60.2 Å². The Balaban J connectivity index is 1.95. The SMILES string of the molecule is Cc1csc(CC(NN)C2CCCO2)n1. The molecule has 0 bridgehead atoms. The Hall–Kier alpha value is -0.490. The smallest absolute Gasteiger partial charge is 0.0945 e. The first-order valence-corrected chi connectivity index (χ1v) is 6.16. The van der Waals surface area contributed by atoms with Crippen LogP contribution < -0.4 is 11.3 Å². The predicted molar refractivity (Wildman–Crippen MR) is 60.6 cm³/mol. The van der Waals surface area contributed by atoms with Crippen molar-refractivity contribution in [2.45, 2.75) is 38.3 Å². The average molecular weight is 227 g/mol. The van der Waals surface area contributed by atoms with Crippen molar-refractivity contribution in [3.05, 3.63) is 16.1 Å². The first-order valence-electron chi connectivity index (χ1n) is 5.28. The van der Waals surface area contributed by atoms with Gasteiger partial charge in [-0.2, -0.15) is 0 Å². The quantitative estimate of drug-likeness (QED) is 0.595. The van der Waals surface area contributed by atoms with E-state index in [0.717, 1.165) is 36.6 Å². The molecule has 0 aliphatic carbocycles. The number of aromatic nitrogens is 1. The number of hydrogen-bond acceptors (Lipinski definition) is 5. The number of hydrogen-bond donors (Lipinski definition) is 2. The van der Waals surface area contributed by atoms with E-state index >= 15 is 0 Å². The normalized spacial score (nSPS) is 23.2. The highest BCUT2D eigenvalue weighted by molar-refractivity contribution is 7.09. The van der Waals surface area contributed by atoms with E-state index < -0.39 is 0 Å². The number of ether oxygens (including phenoxy) is 1. The molecule has 1 saturated heterocycles. The Kier molecular flexibility index (Phi) is 3.69. The van der Waals surface area contributed by atoms with Gasteiger partial charge in [-0.15, -0.1) is 11.3 Å². The summed E-state index contributed by atoms with van der Waals surface area (Å²) in [5.41, 5.74) is 3.92. The highest BCUT2D eigenvalue weighted by atomic mass is 32.1. The number of nitrogens with one attached hydrogen (secondary N) is 1. The molecule has 0 aromatic carbocycles. The third kappa shape index (κ3) is 2.75. The molecule has 1 aromatic heterocycles. The summed E-state index contributed by atoms with van der Waals surface area (Å²) in [5, 5.41) is 3.20. The first-order chi connectivity index (χ1) is 7.29. The zero-order valence-corrected chi connectivity index (χ0v) is 9.72. The number of aryl methyl sites for hydroxylation is 1. The van der Waals surface area contributed by atoms with Crippen LogP contribution in [-0.2, 0) is 11.2 Å². The Morgan fingerprint density at radius 1 is 1.80 bits per heavy atom. The molecule has 0 radical (unpaired) electrons. The molecule has 3 N–H and O–H groups in total. The number of hydrazine groups is 1. The zero-order valence-electron chi connectivity index (χ0n) is 8.90. The number of nitrogens with zero attached hydrogens (tertiary/aromatic N) is 1. The fraction of sp³-hybridized carbons (Fsp3) is 0.700. The molecule has 2 unspecified atom stereocenters. The number of rotatable bonds is 4. The minimum Gasteiger partial charge on any atom is -0.377 e. The van der Waals surface area contributed by atoms with Crippen LogP contribution in [0, 0.1) is 6.92 Å². The third-order valence-electron chi connectivity index (χ3n) is 2.69. The van der Waals surface area contributed by atoms with Gasteiger partial charge in [0.05, 0.1) is 17.2 Å². The summed E-state index contributed by atoms with van der Waals surface area (Å²) in [6.45, 7) is 2.87. The van der Waals surface area contributed by atoms with Crippen molar-refractivity contribution < 1.29 is 4.74 Å². The van der Waals surface area contributed by atoms with Gasteiger partial charge >= 0.3 is 0 Å². The summed E-state index contributed by atoms with van der Waals surface area (Å²) < 4.78 is 5.62. The lowest BCUT2D eigenvalue weighted by Crippen LogP contribution is -2.45. The van der Waals surface area contributed by atoms with Crippen molar-refractivity contribution in [3.8, 4) is 0 Å². The van der Waals surface area contributed by atoms with Gasteiger partial charge in [0.1, 0.15) is 0 Å². The Morgan fingerprint density at radius 2 is 2.67 bits per heavy atom. The largest absolute Gasteiger partial charge is 0.377 e. The molecule has 1 aromatic rings. The van der Waals surface area contributed by atoms with E-state index in [0.29, 0.717) is 0 Å². The lowest BCUT2D eigenvalue weighted by molar-refractivity contribution is 0.0784. The average Bonchev–Trinajstić information content (AvgIpc) is 2.85. The minimum atomic E-state index is 0.193. The van der Waals surface area contributed by atoms with Crippen molar-refractivity contribution in [3.63, 3.8) is 0 Å². The van der Waals surface area contributed by atoms with E-state index in [1.807, 2.05) is 6.92 Å². The molecule has 1 fully saturated rings. The summed E-state index contributed by atoms with van der Waals surface area (Å²) in [4.78, 5) is 4.44. The molecule has 0 saturated carbocycles. The Bertz CT molecular complexity index is 309. The van der Waals surface area contributed by atoms with Crippen LogP contribution in [0.15, 0.2) is 5.38 Å². The minimum absolute atomic E-state index is 0.193. The Labute approximate surface area is 93.8 Å². The van der Waals surface area contributed by atoms with Gasteiger partial charge in [-0.1, -0.05) is 0 Å². The molecule has 2 atom stereocenters. The lowest BCUT2D eigenvalue weighted by Gasteiger charge is -2.20. The molecule has 84 valence electrons. The summed E-state index contributed by atoms with van der Waals surface area (Å²) in [6.07, 6.45) is 3.35. The predicted octanol–water partition coefficient (Wildman–Crippen LogP) is 1.00. The molecular formula is C10H17N3OS. The van der Waals surface area contributed by atoms with Gasteiger partial charge in [0, 0.05) is 24.1 Å². The maximum atomic E-state index is 5.62. The second kappa shape index (κ2) is 5.03. The van der Waals surface area contributed by atoms with Crippen LogP contribution in [0.25, 0.3) is 0 Å². The van der Waals surface area contributed by atoms with Crippen LogP contribution in [0.3, 0.4) is 0 Å². The second-order valence-corrected chi connectivity index (χ2v) is 4.85. The fourth-order valence-corrected chi connectivity index (χ4v) is 2.73.